The zero-order chi connectivity index (χ0) is 18.8. The molecule has 6 heteroatoms. The van der Waals surface area contributed by atoms with E-state index in [1.165, 1.54) is 12.5 Å². The zero-order valence-electron chi connectivity index (χ0n) is 15.5. The smallest absolute Gasteiger partial charge is 0.287 e. The van der Waals surface area contributed by atoms with E-state index in [4.69, 9.17) is 8.83 Å². The Morgan fingerprint density at radius 3 is 2.23 bits per heavy atom. The molecule has 0 saturated heterocycles. The number of nitrogens with one attached hydrogen (secondary N) is 2. The molecule has 2 N–H and O–H groups in total. The average molecular weight is 358 g/mol. The summed E-state index contributed by atoms with van der Waals surface area (Å²) in [7, 11) is 0. The lowest BCUT2D eigenvalue weighted by Gasteiger charge is -2.46. The topological polar surface area (TPSA) is 84.5 Å². The summed E-state index contributed by atoms with van der Waals surface area (Å²) >= 11 is 0. The van der Waals surface area contributed by atoms with Crippen molar-refractivity contribution in [1.82, 2.24) is 10.6 Å². The standard InChI is InChI=1S/C20H26N2O4/c1-19(2)10-14(22-18(24)16-7-5-9-26-16)11-20(3,12-19)13-21-17(23)15-6-4-8-25-15/h4-9,14H,10-13H2,1-3H3,(H,21,23)(H,22,24)/t14-,20+/m1/s1. The van der Waals surface area contributed by atoms with E-state index < -0.39 is 0 Å². The molecule has 6 nitrogen and oxygen atoms in total. The van der Waals surface area contributed by atoms with Crippen molar-refractivity contribution in [2.45, 2.75) is 46.1 Å². The quantitative estimate of drug-likeness (QED) is 0.855. The largest absolute Gasteiger partial charge is 0.459 e. The highest BCUT2D eigenvalue weighted by Gasteiger charge is 2.42. The Labute approximate surface area is 153 Å². The van der Waals surface area contributed by atoms with E-state index in [1.54, 1.807) is 24.3 Å². The molecule has 0 radical (unpaired) electrons. The second kappa shape index (κ2) is 7.02. The van der Waals surface area contributed by atoms with E-state index in [0.717, 1.165) is 19.3 Å². The molecule has 1 fully saturated rings. The summed E-state index contributed by atoms with van der Waals surface area (Å²) in [5.74, 6) is 0.225. The van der Waals surface area contributed by atoms with E-state index in [9.17, 15) is 9.59 Å². The van der Waals surface area contributed by atoms with Gasteiger partial charge >= 0.3 is 0 Å². The van der Waals surface area contributed by atoms with E-state index in [2.05, 4.69) is 31.4 Å². The van der Waals surface area contributed by atoms with E-state index in [1.807, 2.05) is 0 Å². The van der Waals surface area contributed by atoms with Crippen LogP contribution in [-0.2, 0) is 0 Å². The summed E-state index contributed by atoms with van der Waals surface area (Å²) in [5, 5.41) is 6.05. The van der Waals surface area contributed by atoms with Gasteiger partial charge in [0.1, 0.15) is 0 Å². The molecule has 0 aliphatic heterocycles. The molecule has 2 heterocycles. The zero-order valence-corrected chi connectivity index (χ0v) is 15.5. The van der Waals surface area contributed by atoms with E-state index >= 15 is 0 Å². The summed E-state index contributed by atoms with van der Waals surface area (Å²) < 4.78 is 10.3. The SMILES string of the molecule is CC1(C)C[C@@H](NC(=O)c2ccco2)C[C@](C)(CNC(=O)c2ccco2)C1. The molecule has 26 heavy (non-hydrogen) atoms. The molecule has 0 bridgehead atoms. The second-order valence-corrected chi connectivity index (χ2v) is 8.37. The van der Waals surface area contributed by atoms with Crippen LogP contribution in [0.3, 0.4) is 0 Å². The van der Waals surface area contributed by atoms with Gasteiger partial charge in [0.25, 0.3) is 11.8 Å². The maximum atomic E-state index is 12.3. The first-order valence-electron chi connectivity index (χ1n) is 8.93. The van der Waals surface area contributed by atoms with Crippen LogP contribution < -0.4 is 10.6 Å². The number of rotatable bonds is 5. The fourth-order valence-corrected chi connectivity index (χ4v) is 4.32. The van der Waals surface area contributed by atoms with Gasteiger partial charge in [-0.15, -0.1) is 0 Å². The molecule has 2 atom stereocenters. The lowest BCUT2D eigenvalue weighted by atomic mass is 9.62. The molecule has 1 aliphatic rings. The Bertz CT molecular complexity index is 749. The predicted molar refractivity (Wildman–Crippen MR) is 96.7 cm³/mol. The molecule has 0 spiro atoms. The van der Waals surface area contributed by atoms with E-state index in [0.29, 0.717) is 18.1 Å². The Morgan fingerprint density at radius 2 is 1.65 bits per heavy atom. The van der Waals surface area contributed by atoms with Gasteiger partial charge in [-0.25, -0.2) is 0 Å². The molecule has 3 rings (SSSR count). The minimum Gasteiger partial charge on any atom is -0.459 e. The Kier molecular flexibility index (Phi) is 4.94. The van der Waals surface area contributed by atoms with Crippen LogP contribution in [0, 0.1) is 10.8 Å². The molecule has 2 amide bonds. The van der Waals surface area contributed by atoms with Crippen LogP contribution in [0.25, 0.3) is 0 Å². The number of carbonyl (C=O) groups excluding carboxylic acids is 2. The van der Waals surface area contributed by atoms with Crippen molar-refractivity contribution in [3.8, 4) is 0 Å². The van der Waals surface area contributed by atoms with Crippen LogP contribution in [0.2, 0.25) is 0 Å². The average Bonchev–Trinajstić information content (AvgIpc) is 3.23. The molecule has 0 aromatic carbocycles. The van der Waals surface area contributed by atoms with Crippen LogP contribution in [0.1, 0.15) is 61.1 Å². The van der Waals surface area contributed by atoms with Crippen molar-refractivity contribution in [3.63, 3.8) is 0 Å². The maximum Gasteiger partial charge on any atom is 0.287 e. The maximum absolute atomic E-state index is 12.3. The van der Waals surface area contributed by atoms with Gasteiger partial charge < -0.3 is 19.5 Å². The Morgan fingerprint density at radius 1 is 1.04 bits per heavy atom. The van der Waals surface area contributed by atoms with Crippen molar-refractivity contribution >= 4 is 11.8 Å². The molecule has 1 saturated carbocycles. The molecular weight excluding hydrogens is 332 g/mol. The van der Waals surface area contributed by atoms with E-state index in [-0.39, 0.29) is 28.7 Å². The van der Waals surface area contributed by atoms with Gasteiger partial charge in [0, 0.05) is 12.6 Å². The highest BCUT2D eigenvalue weighted by Crippen LogP contribution is 2.45. The van der Waals surface area contributed by atoms with Crippen molar-refractivity contribution in [2.75, 3.05) is 6.54 Å². The predicted octanol–water partition coefficient (Wildman–Crippen LogP) is 3.62. The summed E-state index contributed by atoms with van der Waals surface area (Å²) in [6.07, 6.45) is 5.63. The normalized spacial score (nSPS) is 24.8. The van der Waals surface area contributed by atoms with Crippen molar-refractivity contribution in [2.24, 2.45) is 10.8 Å². The van der Waals surface area contributed by atoms with Gasteiger partial charge in [0.2, 0.25) is 0 Å². The molecule has 1 aliphatic carbocycles. The Hall–Kier alpha value is -2.50. The molecular formula is C20H26N2O4. The van der Waals surface area contributed by atoms with Crippen molar-refractivity contribution in [3.05, 3.63) is 48.3 Å². The first-order valence-corrected chi connectivity index (χ1v) is 8.93. The van der Waals surface area contributed by atoms with Gasteiger partial charge in [-0.05, 0) is 54.4 Å². The van der Waals surface area contributed by atoms with Gasteiger partial charge in [0.15, 0.2) is 11.5 Å². The monoisotopic (exact) mass is 358 g/mol. The highest BCUT2D eigenvalue weighted by molar-refractivity contribution is 5.92. The number of carbonyl (C=O) groups is 2. The van der Waals surface area contributed by atoms with Crippen LogP contribution in [0.15, 0.2) is 45.6 Å². The molecule has 140 valence electrons. The number of hydrogen-bond acceptors (Lipinski definition) is 4. The summed E-state index contributed by atoms with van der Waals surface area (Å²) in [4.78, 5) is 24.5. The first kappa shape index (κ1) is 18.3. The van der Waals surface area contributed by atoms with Crippen LogP contribution in [0.4, 0.5) is 0 Å². The second-order valence-electron chi connectivity index (χ2n) is 8.37. The molecule has 2 aromatic rings. The lowest BCUT2D eigenvalue weighted by molar-refractivity contribution is 0.0577. The van der Waals surface area contributed by atoms with Crippen LogP contribution >= 0.6 is 0 Å². The fraction of sp³-hybridized carbons (Fsp3) is 0.500. The fourth-order valence-electron chi connectivity index (χ4n) is 4.32. The number of furan rings is 2. The van der Waals surface area contributed by atoms with Gasteiger partial charge in [-0.1, -0.05) is 20.8 Å². The summed E-state index contributed by atoms with van der Waals surface area (Å²) in [6.45, 7) is 7.08. The summed E-state index contributed by atoms with van der Waals surface area (Å²) in [5.41, 5.74) is -0.0609. The van der Waals surface area contributed by atoms with Crippen molar-refractivity contribution < 1.29 is 18.4 Å². The minimum absolute atomic E-state index is 0.0295. The first-order chi connectivity index (χ1) is 12.3. The van der Waals surface area contributed by atoms with Gasteiger partial charge in [-0.3, -0.25) is 9.59 Å². The minimum atomic E-state index is -0.212. The molecule has 2 aromatic heterocycles. The number of hydrogen-bond donors (Lipinski definition) is 2. The highest BCUT2D eigenvalue weighted by atomic mass is 16.3. The number of amides is 2. The van der Waals surface area contributed by atoms with Gasteiger partial charge in [-0.2, -0.15) is 0 Å². The van der Waals surface area contributed by atoms with Gasteiger partial charge in [0.05, 0.1) is 12.5 Å². The van der Waals surface area contributed by atoms with Crippen LogP contribution in [0.5, 0.6) is 0 Å². The third-order valence-corrected chi connectivity index (χ3v) is 4.94. The Balaban J connectivity index is 1.64. The third kappa shape index (κ3) is 4.36. The summed E-state index contributed by atoms with van der Waals surface area (Å²) in [6, 6.07) is 6.73. The third-order valence-electron chi connectivity index (χ3n) is 4.94. The lowest BCUT2D eigenvalue weighted by Crippen LogP contribution is -2.50. The molecule has 0 unspecified atom stereocenters. The van der Waals surface area contributed by atoms with Crippen LogP contribution in [-0.4, -0.2) is 24.4 Å². The van der Waals surface area contributed by atoms with Crippen molar-refractivity contribution in [1.29, 1.82) is 0 Å².